The molecule has 2 amide bonds. The van der Waals surface area contributed by atoms with Crippen molar-refractivity contribution in [1.29, 1.82) is 0 Å². The number of aromatic nitrogens is 4. The fourth-order valence-electron chi connectivity index (χ4n) is 6.12. The summed E-state index contributed by atoms with van der Waals surface area (Å²) in [7, 11) is 0. The Bertz CT molecular complexity index is 1990. The highest BCUT2D eigenvalue weighted by molar-refractivity contribution is 5.82. The average molecular weight is 774 g/mol. The molecule has 16 heteroatoms. The van der Waals surface area contributed by atoms with Crippen molar-refractivity contribution in [3.8, 4) is 17.5 Å². The number of fused-ring (bicyclic) bond motifs is 3. The summed E-state index contributed by atoms with van der Waals surface area (Å²) in [5.41, 5.74) is 9.42. The predicted molar refractivity (Wildman–Crippen MR) is 208 cm³/mol. The number of imidazole rings is 1. The first-order valence-corrected chi connectivity index (χ1v) is 19.1. The Morgan fingerprint density at radius 2 is 1.66 bits per heavy atom. The van der Waals surface area contributed by atoms with Gasteiger partial charge in [0.25, 0.3) is 0 Å². The van der Waals surface area contributed by atoms with Gasteiger partial charge in [0.15, 0.2) is 11.5 Å². The summed E-state index contributed by atoms with van der Waals surface area (Å²) in [4.78, 5) is 50.2. The lowest BCUT2D eigenvalue weighted by atomic mass is 10.1. The van der Waals surface area contributed by atoms with Gasteiger partial charge in [0.05, 0.1) is 72.4 Å². The minimum atomic E-state index is -0.334. The number of nitrogens with one attached hydrogen (secondary N) is 2. The van der Waals surface area contributed by atoms with Crippen LogP contribution >= 0.6 is 0 Å². The minimum Gasteiger partial charge on any atom is -0.463 e. The Kier molecular flexibility index (Phi) is 14.8. The Morgan fingerprint density at radius 3 is 2.38 bits per heavy atom. The lowest BCUT2D eigenvalue weighted by Crippen LogP contribution is -2.33. The number of benzene rings is 2. The van der Waals surface area contributed by atoms with Gasteiger partial charge in [-0.25, -0.2) is 4.79 Å². The fraction of sp³-hybridized carbons (Fsp3) is 0.475. The van der Waals surface area contributed by atoms with Crippen LogP contribution in [0.2, 0.25) is 0 Å². The van der Waals surface area contributed by atoms with E-state index in [0.717, 1.165) is 29.5 Å². The normalized spacial score (nSPS) is 14.6. The fourth-order valence-corrected chi connectivity index (χ4v) is 6.12. The van der Waals surface area contributed by atoms with Gasteiger partial charge in [-0.2, -0.15) is 9.97 Å². The molecule has 0 saturated heterocycles. The van der Waals surface area contributed by atoms with E-state index < -0.39 is 0 Å². The van der Waals surface area contributed by atoms with E-state index in [-0.39, 0.29) is 41.9 Å². The highest BCUT2D eigenvalue weighted by Gasteiger charge is 2.32. The van der Waals surface area contributed by atoms with Crippen LogP contribution in [0.15, 0.2) is 59.4 Å². The van der Waals surface area contributed by atoms with E-state index in [9.17, 15) is 14.4 Å². The van der Waals surface area contributed by atoms with E-state index >= 15 is 0 Å². The van der Waals surface area contributed by atoms with Crippen LogP contribution in [0.3, 0.4) is 0 Å². The number of nitrogens with two attached hydrogens (primary N) is 1. The van der Waals surface area contributed by atoms with Gasteiger partial charge in [-0.05, 0) is 66.6 Å². The van der Waals surface area contributed by atoms with Crippen molar-refractivity contribution in [3.05, 3.63) is 81.8 Å². The Balaban J connectivity index is 0.947. The molecule has 2 aliphatic rings. The number of amides is 2. The molecule has 16 nitrogen and oxygen atoms in total. The number of H-pyrrole nitrogens is 1. The van der Waals surface area contributed by atoms with Crippen LogP contribution in [0.25, 0.3) is 11.2 Å². The summed E-state index contributed by atoms with van der Waals surface area (Å²) in [5.74, 6) is 1.54. The maximum atomic E-state index is 13.2. The monoisotopic (exact) mass is 773 g/mol. The standard InChI is InChI=1S/C40H51N7O9/c1-28(48)42-15-18-52-20-22-54-24-23-53-21-19-51-17-14-35(49)46(32-9-10-32)26-29-6-11-33(12-7-29)56-34-13-8-30-25-31(34)5-3-2-4-16-55-39-44-37(41)36-38(45-39)47(27-30)40(50)43-36/h2-3,6-8,11-13,25,32H,4-5,9-10,14-24,26-27H2,1H3,(H,42,48)(H,43,50)(H2,41,44,45)/b3-2+. The van der Waals surface area contributed by atoms with Gasteiger partial charge >= 0.3 is 11.7 Å². The molecule has 4 N–H and O–H groups in total. The van der Waals surface area contributed by atoms with Gasteiger partial charge in [-0.15, -0.1) is 0 Å². The molecule has 4 bridgehead atoms. The van der Waals surface area contributed by atoms with Crippen molar-refractivity contribution in [2.24, 2.45) is 0 Å². The van der Waals surface area contributed by atoms with E-state index in [1.54, 1.807) is 0 Å². The number of carbonyl (C=O) groups excluding carboxylic acids is 2. The lowest BCUT2D eigenvalue weighted by molar-refractivity contribution is -0.133. The number of ether oxygens (including phenoxy) is 6. The van der Waals surface area contributed by atoms with E-state index in [1.807, 2.05) is 53.4 Å². The van der Waals surface area contributed by atoms with Crippen molar-refractivity contribution < 1.29 is 38.0 Å². The molecule has 6 rings (SSSR count). The number of anilines is 1. The molecule has 56 heavy (non-hydrogen) atoms. The van der Waals surface area contributed by atoms with Crippen molar-refractivity contribution in [2.75, 3.05) is 71.7 Å². The first-order chi connectivity index (χ1) is 27.3. The molecule has 0 radical (unpaired) electrons. The molecule has 2 aromatic carbocycles. The first-order valence-electron chi connectivity index (χ1n) is 19.1. The summed E-state index contributed by atoms with van der Waals surface area (Å²) in [6.07, 6.45) is 7.68. The van der Waals surface area contributed by atoms with Crippen molar-refractivity contribution in [1.82, 2.24) is 29.7 Å². The molecular formula is C40H51N7O9. The van der Waals surface area contributed by atoms with Crippen molar-refractivity contribution in [2.45, 2.75) is 58.2 Å². The molecule has 1 aliphatic heterocycles. The third-order valence-corrected chi connectivity index (χ3v) is 9.12. The summed E-state index contributed by atoms with van der Waals surface area (Å²) < 4.78 is 35.7. The van der Waals surface area contributed by atoms with Crippen LogP contribution in [0.4, 0.5) is 5.82 Å². The van der Waals surface area contributed by atoms with Crippen LogP contribution in [0.1, 0.15) is 49.3 Å². The van der Waals surface area contributed by atoms with E-state index in [4.69, 9.17) is 34.2 Å². The molecule has 4 aromatic rings. The molecule has 1 aliphatic carbocycles. The summed E-state index contributed by atoms with van der Waals surface area (Å²) in [5, 5.41) is 2.66. The van der Waals surface area contributed by atoms with E-state index in [0.29, 0.717) is 114 Å². The zero-order valence-electron chi connectivity index (χ0n) is 31.8. The highest BCUT2D eigenvalue weighted by Crippen LogP contribution is 2.31. The van der Waals surface area contributed by atoms with Crippen LogP contribution in [0.5, 0.6) is 17.5 Å². The zero-order valence-corrected chi connectivity index (χ0v) is 31.8. The third-order valence-electron chi connectivity index (χ3n) is 9.12. The van der Waals surface area contributed by atoms with Gasteiger partial charge in [0, 0.05) is 26.1 Å². The second kappa shape index (κ2) is 20.6. The maximum Gasteiger partial charge on any atom is 0.328 e. The molecule has 3 heterocycles. The number of nitrogens with zero attached hydrogens (tertiary/aromatic N) is 4. The van der Waals surface area contributed by atoms with Gasteiger partial charge in [-0.3, -0.25) is 14.2 Å². The van der Waals surface area contributed by atoms with Gasteiger partial charge < -0.3 is 49.4 Å². The van der Waals surface area contributed by atoms with Crippen LogP contribution < -0.4 is 26.2 Å². The maximum absolute atomic E-state index is 13.2. The highest BCUT2D eigenvalue weighted by atomic mass is 16.6. The molecule has 2 aromatic heterocycles. The second-order valence-electron chi connectivity index (χ2n) is 13.5. The molecule has 0 spiro atoms. The molecule has 1 saturated carbocycles. The molecule has 0 unspecified atom stereocenters. The molecule has 1 fully saturated rings. The van der Waals surface area contributed by atoms with E-state index in [2.05, 4.69) is 26.3 Å². The quantitative estimate of drug-likeness (QED) is 0.0876. The summed E-state index contributed by atoms with van der Waals surface area (Å²) in [6.45, 7) is 6.51. The number of carbonyl (C=O) groups is 2. The van der Waals surface area contributed by atoms with Crippen LogP contribution in [-0.2, 0) is 48.0 Å². The number of nitrogen functional groups attached to an aromatic ring is 1. The van der Waals surface area contributed by atoms with Crippen LogP contribution in [0, 0.1) is 0 Å². The Labute approximate surface area is 325 Å². The van der Waals surface area contributed by atoms with E-state index in [1.165, 1.54) is 11.5 Å². The van der Waals surface area contributed by atoms with Crippen molar-refractivity contribution >= 4 is 28.8 Å². The van der Waals surface area contributed by atoms with Gasteiger partial charge in [-0.1, -0.05) is 30.4 Å². The summed E-state index contributed by atoms with van der Waals surface area (Å²) >= 11 is 0. The smallest absolute Gasteiger partial charge is 0.328 e. The number of aromatic amines is 1. The lowest BCUT2D eigenvalue weighted by Gasteiger charge is -2.23. The Morgan fingerprint density at radius 1 is 0.946 bits per heavy atom. The second-order valence-corrected chi connectivity index (χ2v) is 13.5. The molecule has 0 atom stereocenters. The van der Waals surface area contributed by atoms with Gasteiger partial charge in [0.1, 0.15) is 17.0 Å². The third kappa shape index (κ3) is 12.1. The largest absolute Gasteiger partial charge is 0.463 e. The number of hydrogen-bond acceptors (Lipinski definition) is 12. The van der Waals surface area contributed by atoms with Gasteiger partial charge in [0.2, 0.25) is 11.8 Å². The topological polar surface area (TPSA) is 194 Å². The number of allylic oxidation sites excluding steroid dienone is 1. The minimum absolute atomic E-state index is 0.0723. The number of rotatable bonds is 20. The molecule has 300 valence electrons. The summed E-state index contributed by atoms with van der Waals surface area (Å²) in [6, 6.07) is 14.1. The average Bonchev–Trinajstić information content (AvgIpc) is 3.98. The first kappa shape index (κ1) is 40.4. The number of hydrogen-bond donors (Lipinski definition) is 3. The van der Waals surface area contributed by atoms with Crippen molar-refractivity contribution in [3.63, 3.8) is 0 Å². The van der Waals surface area contributed by atoms with Crippen LogP contribution in [-0.4, -0.2) is 108 Å². The molecular weight excluding hydrogens is 722 g/mol. The zero-order chi connectivity index (χ0) is 39.1. The predicted octanol–water partition coefficient (Wildman–Crippen LogP) is 3.51. The Hall–Kier alpha value is -5.29. The SMILES string of the molecule is CC(=O)NCCOCCOCCOCCOCCC(=O)N(Cc1ccc(Oc2ccc3cc2C/C=C/CCOc2nc(N)c4[nH]c(=O)n(c4n2)C3)cc1)C1CC1.